The Morgan fingerprint density at radius 3 is 1.94 bits per heavy atom. The number of carbonyl (C=O) groups excluding carboxylic acids is 2. The average Bonchev–Trinajstić information content (AvgIpc) is 2.80. The van der Waals surface area contributed by atoms with Crippen molar-refractivity contribution in [2.45, 2.75) is 41.4 Å². The molecule has 13 nitrogen and oxygen atoms in total. The summed E-state index contributed by atoms with van der Waals surface area (Å²) in [5.74, 6) is -0.756. The number of aliphatic hydroxyl groups excluding tert-OH is 7. The van der Waals surface area contributed by atoms with Gasteiger partial charge in [0, 0.05) is 12.1 Å². The van der Waals surface area contributed by atoms with Crippen LogP contribution in [0.5, 0.6) is 0 Å². The molecular formula is C17H24Cl2N2O11. The van der Waals surface area contributed by atoms with E-state index in [1.165, 1.54) is 24.3 Å². The molecule has 0 spiro atoms. The molecule has 0 aromatic heterocycles. The highest BCUT2D eigenvalue weighted by atomic mass is 35.5. The molecule has 32 heavy (non-hydrogen) atoms. The summed E-state index contributed by atoms with van der Waals surface area (Å²) >= 11 is 10.7. The molecular weight excluding hydrogens is 479 g/mol. The molecule has 1 rings (SSSR count). The first-order chi connectivity index (χ1) is 14.9. The van der Waals surface area contributed by atoms with Crippen LogP contribution in [0, 0.1) is 10.1 Å². The van der Waals surface area contributed by atoms with Crippen molar-refractivity contribution in [1.82, 2.24) is 5.32 Å². The van der Waals surface area contributed by atoms with Crippen LogP contribution in [0.25, 0.3) is 0 Å². The lowest BCUT2D eigenvalue weighted by Gasteiger charge is -2.22. The fraction of sp³-hybridized carbons (Fsp3) is 0.529. The number of aliphatic hydroxyl groups is 7. The number of nitro groups is 1. The van der Waals surface area contributed by atoms with E-state index in [2.05, 4.69) is 5.32 Å². The van der Waals surface area contributed by atoms with Crippen molar-refractivity contribution in [1.29, 1.82) is 0 Å². The van der Waals surface area contributed by atoms with Crippen LogP contribution in [0.4, 0.5) is 5.69 Å². The van der Waals surface area contributed by atoms with Crippen LogP contribution in [0.1, 0.15) is 11.7 Å². The summed E-state index contributed by atoms with van der Waals surface area (Å²) in [7, 11) is 0. The summed E-state index contributed by atoms with van der Waals surface area (Å²) in [6.07, 6.45) is -8.09. The second-order valence-corrected chi connectivity index (χ2v) is 7.35. The smallest absolute Gasteiger partial charge is 0.269 e. The Kier molecular flexibility index (Phi) is 14.1. The van der Waals surface area contributed by atoms with E-state index in [0.29, 0.717) is 5.56 Å². The van der Waals surface area contributed by atoms with Crippen LogP contribution in [0.3, 0.4) is 0 Å². The maximum atomic E-state index is 11.3. The van der Waals surface area contributed by atoms with Crippen LogP contribution in [-0.4, -0.2) is 101 Å². The van der Waals surface area contributed by atoms with E-state index in [4.69, 9.17) is 53.8 Å². The molecule has 0 aliphatic carbocycles. The molecule has 0 aliphatic heterocycles. The van der Waals surface area contributed by atoms with E-state index in [9.17, 15) is 24.8 Å². The summed E-state index contributed by atoms with van der Waals surface area (Å²) in [6, 6.07) is 4.05. The van der Waals surface area contributed by atoms with Crippen molar-refractivity contribution in [3.05, 3.63) is 39.9 Å². The lowest BCUT2D eigenvalue weighted by atomic mass is 10.0. The van der Waals surface area contributed by atoms with Crippen LogP contribution in [0.15, 0.2) is 24.3 Å². The molecule has 0 fully saturated rings. The Labute approximate surface area is 191 Å². The lowest BCUT2D eigenvalue weighted by Crippen LogP contribution is -2.46. The number of nitro benzene ring substituents is 1. The Morgan fingerprint density at radius 1 is 1.03 bits per heavy atom. The largest absolute Gasteiger partial charge is 0.394 e. The van der Waals surface area contributed by atoms with E-state index < -0.39 is 65.4 Å². The quantitative estimate of drug-likeness (QED) is 0.0682. The number of amides is 1. The van der Waals surface area contributed by atoms with Gasteiger partial charge in [-0.2, -0.15) is 0 Å². The molecule has 0 bridgehead atoms. The molecule has 0 heterocycles. The number of nitrogens with zero attached hydrogens (tertiary/aromatic N) is 1. The molecule has 1 aromatic carbocycles. The third-order valence-electron chi connectivity index (χ3n) is 3.97. The van der Waals surface area contributed by atoms with Crippen molar-refractivity contribution < 1.29 is 50.3 Å². The Morgan fingerprint density at radius 2 is 1.56 bits per heavy atom. The van der Waals surface area contributed by atoms with E-state index in [1.54, 1.807) is 0 Å². The number of hydrogen-bond acceptors (Lipinski definition) is 11. The predicted octanol–water partition coefficient (Wildman–Crippen LogP) is -2.47. The minimum absolute atomic E-state index is 0.0258. The average molecular weight is 503 g/mol. The van der Waals surface area contributed by atoms with Crippen LogP contribution >= 0.6 is 23.2 Å². The van der Waals surface area contributed by atoms with Gasteiger partial charge in [-0.15, -0.1) is 0 Å². The van der Waals surface area contributed by atoms with Crippen LogP contribution in [0.2, 0.25) is 0 Å². The number of carbonyl (C=O) groups is 2. The van der Waals surface area contributed by atoms with E-state index >= 15 is 0 Å². The molecule has 182 valence electrons. The van der Waals surface area contributed by atoms with Gasteiger partial charge in [-0.1, -0.05) is 23.2 Å². The molecule has 0 aliphatic rings. The topological polar surface area (TPSA) is 231 Å². The zero-order valence-electron chi connectivity index (χ0n) is 16.3. The predicted molar refractivity (Wildman–Crippen MR) is 110 cm³/mol. The monoisotopic (exact) mass is 502 g/mol. The van der Waals surface area contributed by atoms with Gasteiger partial charge in [0.05, 0.1) is 24.2 Å². The van der Waals surface area contributed by atoms with Gasteiger partial charge in [-0.25, -0.2) is 0 Å². The Balaban J connectivity index is 0.000000687. The third-order valence-corrected chi connectivity index (χ3v) is 4.37. The summed E-state index contributed by atoms with van der Waals surface area (Å²) in [4.78, 5) is 29.8. The van der Waals surface area contributed by atoms with Crippen molar-refractivity contribution >= 4 is 41.1 Å². The SMILES string of the molecule is O=C(N[C@H](CO)[C@H](O)c1ccc([N+](=O)[O-])cc1)C(Cl)Cl.O=C[C@H](O)[C@@H](O)[C@H](O)[C@H](O)CO. The van der Waals surface area contributed by atoms with Crippen molar-refractivity contribution in [2.75, 3.05) is 13.2 Å². The van der Waals surface area contributed by atoms with Gasteiger partial charge in [0.15, 0.2) is 11.1 Å². The first-order valence-electron chi connectivity index (χ1n) is 8.81. The zero-order chi connectivity index (χ0) is 25.0. The minimum atomic E-state index is -1.79. The lowest BCUT2D eigenvalue weighted by molar-refractivity contribution is -0.384. The molecule has 15 heteroatoms. The number of aldehydes is 1. The molecule has 0 unspecified atom stereocenters. The number of halogens is 2. The number of nitrogens with one attached hydrogen (secondary N) is 1. The highest BCUT2D eigenvalue weighted by molar-refractivity contribution is 6.53. The number of rotatable bonds is 11. The van der Waals surface area contributed by atoms with Crippen molar-refractivity contribution in [3.8, 4) is 0 Å². The minimum Gasteiger partial charge on any atom is -0.394 e. The van der Waals surface area contributed by atoms with Crippen LogP contribution < -0.4 is 5.32 Å². The highest BCUT2D eigenvalue weighted by Crippen LogP contribution is 2.20. The second kappa shape index (κ2) is 15.0. The molecule has 0 radical (unpaired) electrons. The van der Waals surface area contributed by atoms with E-state index in [1.807, 2.05) is 0 Å². The summed E-state index contributed by atoms with van der Waals surface area (Å²) < 4.78 is 0. The maximum absolute atomic E-state index is 11.3. The number of non-ortho nitro benzene ring substituents is 1. The fourth-order valence-electron chi connectivity index (χ4n) is 2.11. The van der Waals surface area contributed by atoms with Crippen molar-refractivity contribution in [2.24, 2.45) is 0 Å². The number of hydrogen-bond donors (Lipinski definition) is 8. The molecule has 1 aromatic rings. The number of benzene rings is 1. The Bertz CT molecular complexity index is 723. The standard InChI is InChI=1S/C11H12Cl2N2O5.C6H12O6/c12-10(13)11(18)14-8(5-16)9(17)6-1-3-7(4-2-6)15(19)20;7-1-3(9)5(11)6(12)4(10)2-8/h1-4,8-10,16-17H,5H2,(H,14,18);1,3-6,8-12H,2H2/t8-,9-;3-,4+,5+,6+/m10/s1. The van der Waals surface area contributed by atoms with E-state index in [-0.39, 0.29) is 12.0 Å². The maximum Gasteiger partial charge on any atom is 0.269 e. The Hall–Kier alpha value is -1.94. The van der Waals surface area contributed by atoms with Gasteiger partial charge < -0.3 is 45.9 Å². The van der Waals surface area contributed by atoms with Gasteiger partial charge in [-0.3, -0.25) is 14.9 Å². The van der Waals surface area contributed by atoms with Crippen molar-refractivity contribution in [3.63, 3.8) is 0 Å². The highest BCUT2D eigenvalue weighted by Gasteiger charge is 2.29. The second-order valence-electron chi connectivity index (χ2n) is 6.25. The third kappa shape index (κ3) is 9.68. The van der Waals surface area contributed by atoms with E-state index in [0.717, 1.165) is 0 Å². The number of alkyl halides is 2. The molecule has 6 atom stereocenters. The van der Waals surface area contributed by atoms with Gasteiger partial charge in [0.25, 0.3) is 11.6 Å². The van der Waals surface area contributed by atoms with Gasteiger partial charge in [0.1, 0.15) is 30.5 Å². The first kappa shape index (κ1) is 30.1. The normalized spacial score (nSPS) is 16.6. The van der Waals surface area contributed by atoms with Gasteiger partial charge in [-0.05, 0) is 17.7 Å². The summed E-state index contributed by atoms with van der Waals surface area (Å²) in [6.45, 7) is -1.31. The fourth-order valence-corrected chi connectivity index (χ4v) is 2.24. The molecule has 0 saturated heterocycles. The first-order valence-corrected chi connectivity index (χ1v) is 9.68. The summed E-state index contributed by atoms with van der Waals surface area (Å²) in [5, 5.41) is 75.5. The zero-order valence-corrected chi connectivity index (χ0v) is 17.8. The summed E-state index contributed by atoms with van der Waals surface area (Å²) in [5.41, 5.74) is 0.169. The van der Waals surface area contributed by atoms with Gasteiger partial charge >= 0.3 is 0 Å². The van der Waals surface area contributed by atoms with Crippen LogP contribution in [-0.2, 0) is 9.59 Å². The molecule has 0 saturated carbocycles. The molecule has 1 amide bonds. The van der Waals surface area contributed by atoms with Gasteiger partial charge in [0.2, 0.25) is 0 Å². The molecule has 8 N–H and O–H groups in total.